The third-order valence-corrected chi connectivity index (χ3v) is 4.95. The molecule has 1 aliphatic rings. The zero-order valence-corrected chi connectivity index (χ0v) is 14.1. The maximum Gasteiger partial charge on any atom is 0.0424 e. The van der Waals surface area contributed by atoms with Crippen molar-refractivity contribution in [2.24, 2.45) is 17.8 Å². The molecule has 1 saturated carbocycles. The van der Waals surface area contributed by atoms with Crippen LogP contribution in [0.15, 0.2) is 18.2 Å². The Hall–Kier alpha value is -0.240. The van der Waals surface area contributed by atoms with Crippen LogP contribution in [0.3, 0.4) is 0 Å². The summed E-state index contributed by atoms with van der Waals surface area (Å²) in [5.74, 6) is 2.34. The van der Waals surface area contributed by atoms with Crippen LogP contribution in [0.25, 0.3) is 0 Å². The number of nitrogens with one attached hydrogen (secondary N) is 1. The lowest BCUT2D eigenvalue weighted by Gasteiger charge is -2.38. The first-order valence-corrected chi connectivity index (χ1v) is 8.39. The fourth-order valence-corrected chi connectivity index (χ4v) is 3.97. The summed E-state index contributed by atoms with van der Waals surface area (Å²) in [5.41, 5.74) is 1.17. The average molecular weight is 314 g/mol. The number of halogens is 2. The van der Waals surface area contributed by atoms with Crippen molar-refractivity contribution in [3.63, 3.8) is 0 Å². The minimum Gasteiger partial charge on any atom is -0.310 e. The molecule has 1 nitrogen and oxygen atoms in total. The molecule has 1 aromatic rings. The molecule has 0 aliphatic heterocycles. The van der Waals surface area contributed by atoms with Gasteiger partial charge in [0.2, 0.25) is 0 Å². The van der Waals surface area contributed by atoms with E-state index in [2.05, 4.69) is 26.1 Å². The zero-order chi connectivity index (χ0) is 14.7. The van der Waals surface area contributed by atoms with E-state index in [0.717, 1.165) is 24.3 Å². The fraction of sp³-hybridized carbons (Fsp3) is 0.647. The molecule has 1 N–H and O–H groups in total. The Bertz CT molecular complexity index is 424. The molecule has 0 bridgehead atoms. The SMILES string of the molecule is CC1CCC(C(C)C)C(NCc2cc(Cl)cc(Cl)c2)C1. The Balaban J connectivity index is 1.99. The number of benzene rings is 1. The molecular formula is C17H25Cl2N. The van der Waals surface area contributed by atoms with Crippen LogP contribution in [0.4, 0.5) is 0 Å². The van der Waals surface area contributed by atoms with E-state index in [0.29, 0.717) is 16.1 Å². The molecule has 3 heteroatoms. The van der Waals surface area contributed by atoms with E-state index >= 15 is 0 Å². The van der Waals surface area contributed by atoms with Crippen LogP contribution in [0.2, 0.25) is 10.0 Å². The molecule has 3 atom stereocenters. The highest BCUT2D eigenvalue weighted by Gasteiger charge is 2.30. The molecule has 3 unspecified atom stereocenters. The van der Waals surface area contributed by atoms with E-state index in [1.165, 1.54) is 24.8 Å². The summed E-state index contributed by atoms with van der Waals surface area (Å²) in [6.45, 7) is 7.89. The third kappa shape index (κ3) is 4.38. The second-order valence-corrected chi connectivity index (χ2v) is 7.46. The van der Waals surface area contributed by atoms with Crippen LogP contribution in [0.1, 0.15) is 45.6 Å². The molecule has 2 rings (SSSR count). The fourth-order valence-electron chi connectivity index (χ4n) is 3.40. The number of rotatable bonds is 4. The first-order valence-electron chi connectivity index (χ1n) is 7.64. The molecular weight excluding hydrogens is 289 g/mol. The van der Waals surface area contributed by atoms with E-state index < -0.39 is 0 Å². The van der Waals surface area contributed by atoms with Crippen LogP contribution in [-0.2, 0) is 6.54 Å². The van der Waals surface area contributed by atoms with Crippen LogP contribution in [0.5, 0.6) is 0 Å². The predicted octanol–water partition coefficient (Wildman–Crippen LogP) is 5.54. The monoisotopic (exact) mass is 313 g/mol. The van der Waals surface area contributed by atoms with Gasteiger partial charge in [-0.3, -0.25) is 0 Å². The van der Waals surface area contributed by atoms with Crippen molar-refractivity contribution in [3.8, 4) is 0 Å². The summed E-state index contributed by atoms with van der Waals surface area (Å²) >= 11 is 12.1. The Morgan fingerprint density at radius 1 is 1.15 bits per heavy atom. The van der Waals surface area contributed by atoms with Crippen molar-refractivity contribution in [1.29, 1.82) is 0 Å². The van der Waals surface area contributed by atoms with Gasteiger partial charge in [0.05, 0.1) is 0 Å². The topological polar surface area (TPSA) is 12.0 Å². The Kier molecular flexibility index (Phi) is 5.77. The molecule has 0 spiro atoms. The summed E-state index contributed by atoms with van der Waals surface area (Å²) in [5, 5.41) is 5.17. The molecule has 0 saturated heterocycles. The third-order valence-electron chi connectivity index (χ3n) is 4.51. The van der Waals surface area contributed by atoms with E-state index in [-0.39, 0.29) is 0 Å². The summed E-state index contributed by atoms with van der Waals surface area (Å²) in [6, 6.07) is 6.39. The number of hydrogen-bond donors (Lipinski definition) is 1. The minimum absolute atomic E-state index is 0.608. The number of hydrogen-bond acceptors (Lipinski definition) is 1. The van der Waals surface area contributed by atoms with Crippen LogP contribution in [0, 0.1) is 17.8 Å². The van der Waals surface area contributed by atoms with E-state index in [1.54, 1.807) is 6.07 Å². The van der Waals surface area contributed by atoms with Crippen molar-refractivity contribution in [3.05, 3.63) is 33.8 Å². The molecule has 112 valence electrons. The summed E-state index contributed by atoms with van der Waals surface area (Å²) in [6.07, 6.45) is 3.98. The van der Waals surface area contributed by atoms with Crippen molar-refractivity contribution in [2.75, 3.05) is 0 Å². The largest absolute Gasteiger partial charge is 0.310 e. The second kappa shape index (κ2) is 7.15. The van der Waals surface area contributed by atoms with Gasteiger partial charge in [0.1, 0.15) is 0 Å². The highest BCUT2D eigenvalue weighted by atomic mass is 35.5. The molecule has 1 aliphatic carbocycles. The van der Waals surface area contributed by atoms with Gasteiger partial charge in [0.25, 0.3) is 0 Å². The van der Waals surface area contributed by atoms with Crippen LogP contribution < -0.4 is 5.32 Å². The maximum atomic E-state index is 6.06. The van der Waals surface area contributed by atoms with Crippen LogP contribution >= 0.6 is 23.2 Å². The van der Waals surface area contributed by atoms with Gasteiger partial charge in [-0.2, -0.15) is 0 Å². The van der Waals surface area contributed by atoms with Gasteiger partial charge in [-0.15, -0.1) is 0 Å². The molecule has 0 radical (unpaired) electrons. The molecule has 0 amide bonds. The molecule has 1 fully saturated rings. The van der Waals surface area contributed by atoms with Gasteiger partial charge in [0, 0.05) is 22.6 Å². The first-order chi connectivity index (χ1) is 9.45. The molecule has 0 heterocycles. The lowest BCUT2D eigenvalue weighted by molar-refractivity contribution is 0.169. The lowest BCUT2D eigenvalue weighted by Crippen LogP contribution is -2.42. The minimum atomic E-state index is 0.608. The molecule has 0 aromatic heterocycles. The van der Waals surface area contributed by atoms with E-state index in [9.17, 15) is 0 Å². The van der Waals surface area contributed by atoms with Crippen molar-refractivity contribution in [1.82, 2.24) is 5.32 Å². The quantitative estimate of drug-likeness (QED) is 0.769. The van der Waals surface area contributed by atoms with Crippen molar-refractivity contribution >= 4 is 23.2 Å². The highest BCUT2D eigenvalue weighted by Crippen LogP contribution is 2.33. The van der Waals surface area contributed by atoms with Crippen molar-refractivity contribution < 1.29 is 0 Å². The van der Waals surface area contributed by atoms with Gasteiger partial charge in [-0.1, -0.05) is 50.4 Å². The summed E-state index contributed by atoms with van der Waals surface area (Å²) < 4.78 is 0. The average Bonchev–Trinajstić information content (AvgIpc) is 2.35. The second-order valence-electron chi connectivity index (χ2n) is 6.59. The first kappa shape index (κ1) is 16.1. The van der Waals surface area contributed by atoms with Gasteiger partial charge in [-0.25, -0.2) is 0 Å². The molecule has 1 aromatic carbocycles. The molecule has 20 heavy (non-hydrogen) atoms. The Labute approximate surface area is 133 Å². The zero-order valence-electron chi connectivity index (χ0n) is 12.6. The predicted molar refractivity (Wildman–Crippen MR) is 88.4 cm³/mol. The van der Waals surface area contributed by atoms with Gasteiger partial charge in [0.15, 0.2) is 0 Å². The van der Waals surface area contributed by atoms with Gasteiger partial charge >= 0.3 is 0 Å². The standard InChI is InChI=1S/C17H25Cl2N/c1-11(2)16-5-4-12(3)6-17(16)20-10-13-7-14(18)9-15(19)8-13/h7-9,11-12,16-17,20H,4-6,10H2,1-3H3. The summed E-state index contributed by atoms with van der Waals surface area (Å²) in [7, 11) is 0. The maximum absolute atomic E-state index is 6.06. The Morgan fingerprint density at radius 3 is 2.40 bits per heavy atom. The highest BCUT2D eigenvalue weighted by molar-refractivity contribution is 6.34. The lowest BCUT2D eigenvalue weighted by atomic mass is 9.74. The van der Waals surface area contributed by atoms with E-state index in [4.69, 9.17) is 23.2 Å². The smallest absolute Gasteiger partial charge is 0.0424 e. The van der Waals surface area contributed by atoms with Crippen LogP contribution in [-0.4, -0.2) is 6.04 Å². The summed E-state index contributed by atoms with van der Waals surface area (Å²) in [4.78, 5) is 0. The van der Waals surface area contributed by atoms with Gasteiger partial charge in [-0.05, 0) is 54.4 Å². The van der Waals surface area contributed by atoms with E-state index in [1.807, 2.05) is 12.1 Å². The van der Waals surface area contributed by atoms with Gasteiger partial charge < -0.3 is 5.32 Å². The Morgan fingerprint density at radius 2 is 1.80 bits per heavy atom. The normalized spacial score (nSPS) is 27.0. The van der Waals surface area contributed by atoms with Crippen molar-refractivity contribution in [2.45, 2.75) is 52.6 Å².